The van der Waals surface area contributed by atoms with Crippen molar-refractivity contribution >= 4 is 11.3 Å². The van der Waals surface area contributed by atoms with E-state index in [1.165, 1.54) is 21.6 Å². The van der Waals surface area contributed by atoms with E-state index in [9.17, 15) is 0 Å². The van der Waals surface area contributed by atoms with Gasteiger partial charge in [-0.05, 0) is 34.2 Å². The zero-order chi connectivity index (χ0) is 13.8. The fraction of sp³-hybridized carbons (Fsp3) is 0.111. The van der Waals surface area contributed by atoms with Crippen LogP contribution >= 0.6 is 11.3 Å². The molecule has 0 aliphatic rings. The molecule has 0 aliphatic heterocycles. The second kappa shape index (κ2) is 5.93. The summed E-state index contributed by atoms with van der Waals surface area (Å²) < 4.78 is 5.56. The number of thiophene rings is 1. The first kappa shape index (κ1) is 12.9. The van der Waals surface area contributed by atoms with Gasteiger partial charge in [-0.1, -0.05) is 48.5 Å². The fourth-order valence-corrected chi connectivity index (χ4v) is 3.03. The number of benzene rings is 2. The molecule has 1 heterocycles. The maximum Gasteiger partial charge on any atom is 0.123 e. The molecule has 2 heteroatoms. The molecule has 0 N–H and O–H groups in total. The molecule has 0 bridgehead atoms. The summed E-state index contributed by atoms with van der Waals surface area (Å²) in [6.45, 7) is 0. The molecule has 0 saturated carbocycles. The smallest absolute Gasteiger partial charge is 0.123 e. The largest absolute Gasteiger partial charge is 0.496 e. The first-order valence-corrected chi connectivity index (χ1v) is 7.49. The summed E-state index contributed by atoms with van der Waals surface area (Å²) in [5.41, 5.74) is 3.64. The molecule has 3 aromatic rings. The number of hydrogen-bond acceptors (Lipinski definition) is 2. The van der Waals surface area contributed by atoms with Crippen LogP contribution in [0.2, 0.25) is 0 Å². The second-order valence-electron chi connectivity index (χ2n) is 4.65. The van der Waals surface area contributed by atoms with Crippen LogP contribution in [0.1, 0.15) is 10.4 Å². The van der Waals surface area contributed by atoms with Gasteiger partial charge in [-0.3, -0.25) is 0 Å². The predicted molar refractivity (Wildman–Crippen MR) is 85.6 cm³/mol. The lowest BCUT2D eigenvalue weighted by atomic mass is 10.0. The van der Waals surface area contributed by atoms with Gasteiger partial charge in [-0.2, -0.15) is 0 Å². The van der Waals surface area contributed by atoms with E-state index < -0.39 is 0 Å². The van der Waals surface area contributed by atoms with E-state index >= 15 is 0 Å². The molecule has 2 aromatic carbocycles. The second-order valence-corrected chi connectivity index (χ2v) is 5.68. The molecule has 1 nitrogen and oxygen atoms in total. The van der Waals surface area contributed by atoms with E-state index in [1.807, 2.05) is 6.07 Å². The molecule has 0 amide bonds. The Hall–Kier alpha value is -2.06. The molecule has 0 radical (unpaired) electrons. The average Bonchev–Trinajstić information content (AvgIpc) is 3.01. The van der Waals surface area contributed by atoms with Gasteiger partial charge in [0.05, 0.1) is 7.11 Å². The van der Waals surface area contributed by atoms with Crippen molar-refractivity contribution < 1.29 is 4.74 Å². The van der Waals surface area contributed by atoms with Gasteiger partial charge in [-0.25, -0.2) is 0 Å². The topological polar surface area (TPSA) is 9.23 Å². The Morgan fingerprint density at radius 1 is 0.900 bits per heavy atom. The molecule has 0 unspecified atom stereocenters. The summed E-state index contributed by atoms with van der Waals surface area (Å²) >= 11 is 1.78. The summed E-state index contributed by atoms with van der Waals surface area (Å²) in [7, 11) is 1.74. The van der Waals surface area contributed by atoms with Crippen LogP contribution < -0.4 is 4.74 Å². The predicted octanol–water partition coefficient (Wildman–Crippen LogP) is 5.01. The molecule has 0 fully saturated rings. The van der Waals surface area contributed by atoms with Crippen LogP contribution in [0.4, 0.5) is 0 Å². The number of methoxy groups -OCH3 is 1. The van der Waals surface area contributed by atoms with Crippen LogP contribution in [-0.2, 0) is 6.42 Å². The Balaban J connectivity index is 1.94. The highest BCUT2D eigenvalue weighted by atomic mass is 32.1. The Morgan fingerprint density at radius 2 is 1.75 bits per heavy atom. The van der Waals surface area contributed by atoms with Crippen molar-refractivity contribution in [1.29, 1.82) is 0 Å². The Labute approximate surface area is 123 Å². The third-order valence-electron chi connectivity index (χ3n) is 3.34. The summed E-state index contributed by atoms with van der Waals surface area (Å²) in [5, 5.41) is 2.11. The standard InChI is InChI=1S/C18H16OS/c1-19-18-13-15(14-6-3-2-4-7-14)9-10-16(18)12-17-8-5-11-20-17/h2-11,13H,12H2,1H3. The van der Waals surface area contributed by atoms with Crippen molar-refractivity contribution in [3.63, 3.8) is 0 Å². The lowest BCUT2D eigenvalue weighted by Crippen LogP contribution is -1.93. The van der Waals surface area contributed by atoms with Gasteiger partial charge in [0.15, 0.2) is 0 Å². The molecular formula is C18H16OS. The molecule has 1 aromatic heterocycles. The molecule has 100 valence electrons. The van der Waals surface area contributed by atoms with Gasteiger partial charge in [0, 0.05) is 11.3 Å². The van der Waals surface area contributed by atoms with Gasteiger partial charge in [0.1, 0.15) is 5.75 Å². The normalized spacial score (nSPS) is 10.4. The molecule has 0 aliphatic carbocycles. The summed E-state index contributed by atoms with van der Waals surface area (Å²) in [6, 6.07) is 21.1. The number of ether oxygens (including phenoxy) is 1. The minimum atomic E-state index is 0.926. The van der Waals surface area contributed by atoms with E-state index in [-0.39, 0.29) is 0 Å². The average molecular weight is 280 g/mol. The van der Waals surface area contributed by atoms with Gasteiger partial charge >= 0.3 is 0 Å². The van der Waals surface area contributed by atoms with E-state index in [0.29, 0.717) is 0 Å². The highest BCUT2D eigenvalue weighted by Crippen LogP contribution is 2.29. The molecule has 20 heavy (non-hydrogen) atoms. The first-order valence-electron chi connectivity index (χ1n) is 6.61. The SMILES string of the molecule is COc1cc(-c2ccccc2)ccc1Cc1cccs1. The van der Waals surface area contributed by atoms with Crippen LogP contribution in [0.3, 0.4) is 0 Å². The molecule has 0 spiro atoms. The van der Waals surface area contributed by atoms with E-state index in [4.69, 9.17) is 4.74 Å². The monoisotopic (exact) mass is 280 g/mol. The van der Waals surface area contributed by atoms with Crippen molar-refractivity contribution in [1.82, 2.24) is 0 Å². The lowest BCUT2D eigenvalue weighted by molar-refractivity contribution is 0.411. The zero-order valence-corrected chi connectivity index (χ0v) is 12.2. The van der Waals surface area contributed by atoms with Crippen LogP contribution in [-0.4, -0.2) is 7.11 Å². The van der Waals surface area contributed by atoms with Gasteiger partial charge in [0.25, 0.3) is 0 Å². The minimum Gasteiger partial charge on any atom is -0.496 e. The van der Waals surface area contributed by atoms with Crippen LogP contribution in [0, 0.1) is 0 Å². The maximum atomic E-state index is 5.56. The first-order chi connectivity index (χ1) is 9.86. The number of rotatable bonds is 4. The van der Waals surface area contributed by atoms with Gasteiger partial charge < -0.3 is 4.74 Å². The van der Waals surface area contributed by atoms with Crippen LogP contribution in [0.25, 0.3) is 11.1 Å². The minimum absolute atomic E-state index is 0.926. The maximum absolute atomic E-state index is 5.56. The lowest BCUT2D eigenvalue weighted by Gasteiger charge is -2.10. The van der Waals surface area contributed by atoms with E-state index in [1.54, 1.807) is 18.4 Å². The molecule has 0 saturated heterocycles. The summed E-state index contributed by atoms with van der Waals surface area (Å²) in [5.74, 6) is 0.958. The Morgan fingerprint density at radius 3 is 2.45 bits per heavy atom. The summed E-state index contributed by atoms with van der Waals surface area (Å²) in [4.78, 5) is 1.36. The van der Waals surface area contributed by atoms with Crippen molar-refractivity contribution in [2.24, 2.45) is 0 Å². The summed E-state index contributed by atoms with van der Waals surface area (Å²) in [6.07, 6.45) is 0.926. The van der Waals surface area contributed by atoms with Crippen LogP contribution in [0.5, 0.6) is 5.75 Å². The Kier molecular flexibility index (Phi) is 3.84. The van der Waals surface area contributed by atoms with Crippen molar-refractivity contribution in [3.05, 3.63) is 76.5 Å². The fourth-order valence-electron chi connectivity index (χ4n) is 2.30. The third-order valence-corrected chi connectivity index (χ3v) is 4.22. The molecular weight excluding hydrogens is 264 g/mol. The Bertz CT molecular complexity index is 672. The van der Waals surface area contributed by atoms with E-state index in [0.717, 1.165) is 12.2 Å². The van der Waals surface area contributed by atoms with Crippen molar-refractivity contribution in [2.45, 2.75) is 6.42 Å². The molecule has 3 rings (SSSR count). The van der Waals surface area contributed by atoms with Crippen molar-refractivity contribution in [3.8, 4) is 16.9 Å². The zero-order valence-electron chi connectivity index (χ0n) is 11.4. The quantitative estimate of drug-likeness (QED) is 0.652. The van der Waals surface area contributed by atoms with Gasteiger partial charge in [-0.15, -0.1) is 11.3 Å². The third kappa shape index (κ3) is 2.75. The van der Waals surface area contributed by atoms with Gasteiger partial charge in [0.2, 0.25) is 0 Å². The highest BCUT2D eigenvalue weighted by Gasteiger charge is 2.07. The van der Waals surface area contributed by atoms with Crippen LogP contribution in [0.15, 0.2) is 66.0 Å². The molecule has 0 atom stereocenters. The van der Waals surface area contributed by atoms with E-state index in [2.05, 4.69) is 60.0 Å². The van der Waals surface area contributed by atoms with Crippen molar-refractivity contribution in [2.75, 3.05) is 7.11 Å². The number of hydrogen-bond donors (Lipinski definition) is 0. The highest BCUT2D eigenvalue weighted by molar-refractivity contribution is 7.09.